The molecule has 2 aromatic heterocycles. The van der Waals surface area contributed by atoms with Gasteiger partial charge in [-0.2, -0.15) is 5.10 Å². The second-order valence-electron chi connectivity index (χ2n) is 10.7. The maximum Gasteiger partial charge on any atom is 0.226 e. The molecule has 1 fully saturated rings. The number of nitrogens with zero attached hydrogens (tertiary/aromatic N) is 6. The number of aryl methyl sites for hydroxylation is 1. The molecule has 1 aromatic carbocycles. The van der Waals surface area contributed by atoms with Gasteiger partial charge in [0.15, 0.2) is 5.13 Å². The van der Waals surface area contributed by atoms with Crippen LogP contribution in [0.25, 0.3) is 21.8 Å². The first-order chi connectivity index (χ1) is 19.8. The Morgan fingerprint density at radius 3 is 2.61 bits per heavy atom. The zero-order valence-corrected chi connectivity index (χ0v) is 25.0. The van der Waals surface area contributed by atoms with Crippen LogP contribution in [0.5, 0.6) is 0 Å². The molecule has 10 heteroatoms. The topological polar surface area (TPSA) is 95.7 Å². The van der Waals surface area contributed by atoms with Gasteiger partial charge in [0, 0.05) is 44.4 Å². The molecular weight excluding hydrogens is 534 g/mol. The minimum atomic E-state index is -0.146. The highest BCUT2D eigenvalue weighted by atomic mass is 32.1. The fourth-order valence-corrected chi connectivity index (χ4v) is 6.70. The van der Waals surface area contributed by atoms with E-state index >= 15 is 0 Å². The van der Waals surface area contributed by atoms with E-state index in [2.05, 4.69) is 28.8 Å². The summed E-state index contributed by atoms with van der Waals surface area (Å²) in [7, 11) is 5.80. The van der Waals surface area contributed by atoms with Crippen molar-refractivity contribution in [3.8, 4) is 16.3 Å². The van der Waals surface area contributed by atoms with E-state index in [4.69, 9.17) is 10.1 Å². The van der Waals surface area contributed by atoms with Crippen molar-refractivity contribution in [2.45, 2.75) is 45.1 Å². The lowest BCUT2D eigenvalue weighted by molar-refractivity contribution is -0.132. The Bertz CT molecular complexity index is 1510. The van der Waals surface area contributed by atoms with Gasteiger partial charge in [-0.3, -0.25) is 14.6 Å². The van der Waals surface area contributed by atoms with Crippen LogP contribution in [0.3, 0.4) is 0 Å². The van der Waals surface area contributed by atoms with Gasteiger partial charge in [0.1, 0.15) is 0 Å². The van der Waals surface area contributed by atoms with Gasteiger partial charge >= 0.3 is 0 Å². The highest BCUT2D eigenvalue weighted by molar-refractivity contribution is 7.19. The van der Waals surface area contributed by atoms with Crippen molar-refractivity contribution in [1.29, 1.82) is 0 Å². The third kappa shape index (κ3) is 6.08. The van der Waals surface area contributed by atoms with E-state index in [0.29, 0.717) is 17.6 Å². The lowest BCUT2D eigenvalue weighted by Gasteiger charge is -2.35. The summed E-state index contributed by atoms with van der Waals surface area (Å²) < 4.78 is 1.95. The molecule has 5 rings (SSSR count). The maximum atomic E-state index is 13.1. The number of likely N-dealkylation sites (tertiary alicyclic amines) is 1. The number of carbonyl (C=O) groups is 2. The molecule has 2 aliphatic rings. The number of rotatable bonds is 8. The fraction of sp³-hybridized carbons (Fsp3) is 0.387. The van der Waals surface area contributed by atoms with Crippen LogP contribution >= 0.6 is 11.3 Å². The quantitative estimate of drug-likeness (QED) is 0.319. The molecule has 1 N–H and O–H groups in total. The maximum absolute atomic E-state index is 13.1. The highest BCUT2D eigenvalue weighted by Crippen LogP contribution is 2.43. The summed E-state index contributed by atoms with van der Waals surface area (Å²) in [5.41, 5.74) is 6.63. The first-order valence-electron chi connectivity index (χ1n) is 14.0. The van der Waals surface area contributed by atoms with Crippen LogP contribution in [0.15, 0.2) is 48.0 Å². The van der Waals surface area contributed by atoms with Gasteiger partial charge in [-0.25, -0.2) is 9.67 Å². The van der Waals surface area contributed by atoms with Crippen LogP contribution in [0.1, 0.15) is 42.3 Å². The molecule has 0 unspecified atom stereocenters. The Hall–Kier alpha value is -3.89. The Balaban J connectivity index is 1.48. The van der Waals surface area contributed by atoms with Gasteiger partial charge in [-0.1, -0.05) is 42.2 Å². The largest absolute Gasteiger partial charge is 0.342 e. The summed E-state index contributed by atoms with van der Waals surface area (Å²) >= 11 is 1.46. The Kier molecular flexibility index (Phi) is 8.60. The predicted molar refractivity (Wildman–Crippen MR) is 166 cm³/mol. The lowest BCUT2D eigenvalue weighted by Crippen LogP contribution is -2.44. The number of nitrogens with one attached hydrogen (secondary N) is 1. The van der Waals surface area contributed by atoms with Crippen molar-refractivity contribution in [1.82, 2.24) is 24.6 Å². The number of aromatic nitrogens is 3. The predicted octanol–water partition coefficient (Wildman–Crippen LogP) is 4.42. The van der Waals surface area contributed by atoms with Crippen molar-refractivity contribution < 1.29 is 9.59 Å². The van der Waals surface area contributed by atoms with E-state index in [-0.39, 0.29) is 11.8 Å². The van der Waals surface area contributed by atoms with E-state index in [0.717, 1.165) is 83.1 Å². The number of hydrogen-bond acceptors (Lipinski definition) is 7. The average Bonchev–Trinajstić information content (AvgIpc) is 3.54. The fourth-order valence-electron chi connectivity index (χ4n) is 5.58. The summed E-state index contributed by atoms with van der Waals surface area (Å²) in [4.78, 5) is 39.0. The van der Waals surface area contributed by atoms with Crippen LogP contribution in [0, 0.1) is 0 Å². The van der Waals surface area contributed by atoms with Crippen molar-refractivity contribution in [3.63, 3.8) is 0 Å². The third-order valence-corrected chi connectivity index (χ3v) is 8.81. The molecule has 0 radical (unpaired) electrons. The average molecular weight is 572 g/mol. The van der Waals surface area contributed by atoms with Gasteiger partial charge in [0.2, 0.25) is 11.8 Å². The van der Waals surface area contributed by atoms with Gasteiger partial charge < -0.3 is 15.1 Å². The van der Waals surface area contributed by atoms with E-state index in [1.807, 2.05) is 47.0 Å². The van der Waals surface area contributed by atoms with E-state index in [1.165, 1.54) is 18.3 Å². The molecule has 1 saturated heterocycles. The number of aliphatic imine (C=N–C) groups is 1. The summed E-state index contributed by atoms with van der Waals surface area (Å²) in [6.07, 6.45) is 9.37. The molecule has 2 amide bonds. The van der Waals surface area contributed by atoms with Crippen LogP contribution in [0.4, 0.5) is 5.13 Å². The molecule has 214 valence electrons. The first kappa shape index (κ1) is 28.6. The van der Waals surface area contributed by atoms with Gasteiger partial charge in [-0.05, 0) is 63.5 Å². The van der Waals surface area contributed by atoms with Gasteiger partial charge in [-0.15, -0.1) is 0 Å². The summed E-state index contributed by atoms with van der Waals surface area (Å²) in [5, 5.41) is 8.50. The number of thiazole rings is 1. The molecule has 0 bridgehead atoms. The van der Waals surface area contributed by atoms with Crippen molar-refractivity contribution in [2.75, 3.05) is 39.5 Å². The molecule has 3 aromatic rings. The molecule has 3 heterocycles. The molecule has 0 spiro atoms. The van der Waals surface area contributed by atoms with Crippen LogP contribution in [-0.2, 0) is 28.9 Å². The van der Waals surface area contributed by atoms with Crippen molar-refractivity contribution in [2.24, 2.45) is 4.99 Å². The summed E-state index contributed by atoms with van der Waals surface area (Å²) in [6, 6.07) is 8.36. The van der Waals surface area contributed by atoms with Gasteiger partial charge in [0.25, 0.3) is 0 Å². The molecule has 1 aliphatic heterocycles. The van der Waals surface area contributed by atoms with Gasteiger partial charge in [0.05, 0.1) is 34.1 Å². The Morgan fingerprint density at radius 1 is 1.22 bits per heavy atom. The minimum absolute atomic E-state index is 0.143. The zero-order chi connectivity index (χ0) is 29.1. The first-order valence-corrected chi connectivity index (χ1v) is 14.8. The molecule has 41 heavy (non-hydrogen) atoms. The van der Waals surface area contributed by atoms with Crippen LogP contribution < -0.4 is 5.32 Å². The Labute approximate surface area is 245 Å². The lowest BCUT2D eigenvalue weighted by atomic mass is 9.95. The van der Waals surface area contributed by atoms with E-state index < -0.39 is 0 Å². The number of allylic oxidation sites excluding steroid dienone is 3. The monoisotopic (exact) mass is 571 g/mol. The van der Waals surface area contributed by atoms with Crippen LogP contribution in [0.2, 0.25) is 0 Å². The van der Waals surface area contributed by atoms with Crippen molar-refractivity contribution >= 4 is 40.1 Å². The molecule has 0 saturated carbocycles. The number of likely N-dealkylation sites (N-methyl/N-ethyl adjacent to an activating group) is 1. The number of carbonyl (C=O) groups excluding carboxylic acids is 2. The molecule has 1 aliphatic carbocycles. The van der Waals surface area contributed by atoms with E-state index in [1.54, 1.807) is 19.3 Å². The standard InChI is InChI=1S/C31H37N7O2S/c1-6-7-22(19-32-3)28-25-12-13-26-30(41-31(34-26)33-20(2)39)29(25)38(35-28)24-10-8-21(9-11-24)18-27(40)37(5)23-14-16-36(4)17-15-23/h6-11,19,23H,1,12-18H2,2-5H3,(H,33,34,39)/b22-7+,32-19?. The SMILES string of the molecule is C=C/C=C(\C=NC)c1nn(-c2ccc(CC(=O)N(C)C3CCN(C)CC3)cc2)c2c1CCc1nc(NC(C)=O)sc1-2. The highest BCUT2D eigenvalue weighted by Gasteiger charge is 2.30. The zero-order valence-electron chi connectivity index (χ0n) is 24.2. The third-order valence-electron chi connectivity index (χ3n) is 7.80. The van der Waals surface area contributed by atoms with E-state index in [9.17, 15) is 9.59 Å². The summed E-state index contributed by atoms with van der Waals surface area (Å²) in [6.45, 7) is 7.41. The number of benzene rings is 1. The smallest absolute Gasteiger partial charge is 0.226 e. The molecular formula is C31H37N7O2S. The molecule has 0 atom stereocenters. The van der Waals surface area contributed by atoms with Crippen molar-refractivity contribution in [3.05, 3.63) is 65.5 Å². The number of piperidine rings is 1. The molecule has 9 nitrogen and oxygen atoms in total. The number of fused-ring (bicyclic) bond motifs is 3. The summed E-state index contributed by atoms with van der Waals surface area (Å²) in [5.74, 6) is -0.00334. The number of hydrogen-bond donors (Lipinski definition) is 1. The second kappa shape index (κ2) is 12.3. The number of anilines is 1. The van der Waals surface area contributed by atoms with Crippen LogP contribution in [-0.4, -0.2) is 82.9 Å². The normalized spacial score (nSPS) is 16.0. The number of amides is 2. The minimum Gasteiger partial charge on any atom is -0.342 e. The second-order valence-corrected chi connectivity index (χ2v) is 11.7. The Morgan fingerprint density at radius 2 is 1.95 bits per heavy atom.